The summed E-state index contributed by atoms with van der Waals surface area (Å²) in [4.78, 5) is 11.0. The average molecular weight is 336 g/mol. The van der Waals surface area contributed by atoms with E-state index in [2.05, 4.69) is 4.72 Å². The molecule has 0 spiro atoms. The van der Waals surface area contributed by atoms with Crippen LogP contribution in [0.4, 0.5) is 0 Å². The van der Waals surface area contributed by atoms with E-state index in [1.165, 1.54) is 25.3 Å². The maximum Gasteiger partial charge on any atom is 0.310 e. The van der Waals surface area contributed by atoms with Gasteiger partial charge in [0.15, 0.2) is 0 Å². The summed E-state index contributed by atoms with van der Waals surface area (Å²) in [6.07, 6.45) is 0. The molecule has 2 N–H and O–H groups in total. The summed E-state index contributed by atoms with van der Waals surface area (Å²) in [7, 11) is -2.47. The summed E-state index contributed by atoms with van der Waals surface area (Å²) >= 11 is 5.90. The van der Waals surface area contributed by atoms with Crippen LogP contribution in [0.5, 0.6) is 5.75 Å². The second-order valence-corrected chi connectivity index (χ2v) is 6.63. The van der Waals surface area contributed by atoms with Gasteiger partial charge in [-0.15, -0.1) is 0 Å². The second kappa shape index (κ2) is 6.18. The van der Waals surface area contributed by atoms with Gasteiger partial charge in [0.2, 0.25) is 10.0 Å². The van der Waals surface area contributed by atoms with Gasteiger partial charge in [-0.3, -0.25) is 4.79 Å². The Morgan fingerprint density at radius 1 is 1.48 bits per heavy atom. The van der Waals surface area contributed by atoms with Gasteiger partial charge in [0.1, 0.15) is 5.75 Å². The molecule has 0 amide bonds. The maximum atomic E-state index is 12.2. The van der Waals surface area contributed by atoms with E-state index in [1.54, 1.807) is 0 Å². The smallest absolute Gasteiger partial charge is 0.310 e. The van der Waals surface area contributed by atoms with E-state index < -0.39 is 28.0 Å². The Bertz CT molecular complexity index is 647. The van der Waals surface area contributed by atoms with Crippen molar-refractivity contribution in [2.75, 3.05) is 20.3 Å². The molecule has 0 aromatic heterocycles. The number of carboxylic acids is 1. The molecule has 9 heteroatoms. The number of rotatable bonds is 5. The molecule has 1 aliphatic heterocycles. The Hall–Kier alpha value is -1.35. The first-order chi connectivity index (χ1) is 9.85. The van der Waals surface area contributed by atoms with Gasteiger partial charge in [-0.05, 0) is 18.2 Å². The van der Waals surface area contributed by atoms with Crippen molar-refractivity contribution in [1.82, 2.24) is 4.72 Å². The molecule has 0 bridgehead atoms. The maximum absolute atomic E-state index is 12.2. The molecule has 2 atom stereocenters. The lowest BCUT2D eigenvalue weighted by molar-refractivity contribution is -0.142. The van der Waals surface area contributed by atoms with Crippen LogP contribution in [0, 0.1) is 5.92 Å². The number of sulfonamides is 1. The van der Waals surface area contributed by atoms with Crippen molar-refractivity contribution < 1.29 is 27.8 Å². The minimum absolute atomic E-state index is 0.0140. The second-order valence-electron chi connectivity index (χ2n) is 4.51. The summed E-state index contributed by atoms with van der Waals surface area (Å²) in [6.45, 7) is -0.00796. The molecule has 1 fully saturated rings. The van der Waals surface area contributed by atoms with Crippen LogP contribution in [0.1, 0.15) is 0 Å². The lowest BCUT2D eigenvalue weighted by atomic mass is 10.1. The largest absolute Gasteiger partial charge is 0.495 e. The third-order valence-electron chi connectivity index (χ3n) is 3.14. The molecule has 2 rings (SSSR count). The average Bonchev–Trinajstić information content (AvgIpc) is 2.86. The monoisotopic (exact) mass is 335 g/mol. The molecule has 1 saturated heterocycles. The van der Waals surface area contributed by atoms with Crippen LogP contribution < -0.4 is 9.46 Å². The highest BCUT2D eigenvalue weighted by molar-refractivity contribution is 7.89. The van der Waals surface area contributed by atoms with Crippen molar-refractivity contribution in [3.8, 4) is 5.75 Å². The van der Waals surface area contributed by atoms with Crippen molar-refractivity contribution in [1.29, 1.82) is 0 Å². The number of hydrogen-bond acceptors (Lipinski definition) is 5. The van der Waals surface area contributed by atoms with Gasteiger partial charge < -0.3 is 14.6 Å². The fourth-order valence-electron chi connectivity index (χ4n) is 2.00. The van der Waals surface area contributed by atoms with Gasteiger partial charge in [-0.25, -0.2) is 13.1 Å². The van der Waals surface area contributed by atoms with Crippen LogP contribution in [0.15, 0.2) is 23.1 Å². The molecule has 2 unspecified atom stereocenters. The Labute approximate surface area is 126 Å². The molecule has 0 radical (unpaired) electrons. The Balaban J connectivity index is 2.22. The van der Waals surface area contributed by atoms with Crippen molar-refractivity contribution in [2.45, 2.75) is 10.9 Å². The summed E-state index contributed by atoms with van der Waals surface area (Å²) in [5.74, 6) is -1.66. The van der Waals surface area contributed by atoms with Crippen molar-refractivity contribution in [3.63, 3.8) is 0 Å². The Morgan fingerprint density at radius 3 is 2.76 bits per heavy atom. The summed E-state index contributed by atoms with van der Waals surface area (Å²) in [6, 6.07) is 3.19. The number of carboxylic acid groups (broad SMARTS) is 1. The van der Waals surface area contributed by atoms with Gasteiger partial charge in [0, 0.05) is 0 Å². The standard InChI is InChI=1S/C12H14ClNO6S/c1-19-11-3-2-7(4-9(11)13)21(17,18)14-10-6-20-5-8(10)12(15)16/h2-4,8,10,14H,5-6H2,1H3,(H,15,16). The van der Waals surface area contributed by atoms with E-state index in [0.717, 1.165) is 0 Å². The molecule has 21 heavy (non-hydrogen) atoms. The van der Waals surface area contributed by atoms with Gasteiger partial charge in [-0.1, -0.05) is 11.6 Å². The Morgan fingerprint density at radius 2 is 2.19 bits per heavy atom. The van der Waals surface area contributed by atoms with Crippen molar-refractivity contribution in [2.24, 2.45) is 5.92 Å². The molecular weight excluding hydrogens is 322 g/mol. The number of methoxy groups -OCH3 is 1. The molecule has 0 saturated carbocycles. The third-order valence-corrected chi connectivity index (χ3v) is 4.92. The number of benzene rings is 1. The summed E-state index contributed by atoms with van der Waals surface area (Å²) < 4.78 is 36.8. The van der Waals surface area contributed by atoms with Gasteiger partial charge >= 0.3 is 5.97 Å². The quantitative estimate of drug-likeness (QED) is 0.822. The minimum Gasteiger partial charge on any atom is -0.495 e. The Kier molecular flexibility index (Phi) is 4.72. The molecular formula is C12H14ClNO6S. The zero-order valence-corrected chi connectivity index (χ0v) is 12.6. The van der Waals surface area contributed by atoms with Crippen molar-refractivity contribution in [3.05, 3.63) is 23.2 Å². The fourth-order valence-corrected chi connectivity index (χ4v) is 3.60. The van der Waals surface area contributed by atoms with Crippen LogP contribution in [0.3, 0.4) is 0 Å². The first-order valence-corrected chi connectivity index (χ1v) is 7.87. The summed E-state index contributed by atoms with van der Waals surface area (Å²) in [5, 5.41) is 9.16. The number of ether oxygens (including phenoxy) is 2. The molecule has 0 aliphatic carbocycles. The first-order valence-electron chi connectivity index (χ1n) is 6.01. The molecule has 1 aliphatic rings. The molecule has 1 aromatic carbocycles. The van der Waals surface area contributed by atoms with E-state index in [-0.39, 0.29) is 23.1 Å². The van der Waals surface area contributed by atoms with E-state index in [1.807, 2.05) is 0 Å². The molecule has 7 nitrogen and oxygen atoms in total. The van der Waals surface area contributed by atoms with Crippen LogP contribution >= 0.6 is 11.6 Å². The highest BCUT2D eigenvalue weighted by atomic mass is 35.5. The van der Waals surface area contributed by atoms with E-state index in [9.17, 15) is 13.2 Å². The number of carbonyl (C=O) groups is 1. The van der Waals surface area contributed by atoms with Crippen LogP contribution in [-0.2, 0) is 19.6 Å². The zero-order valence-electron chi connectivity index (χ0n) is 11.1. The van der Waals surface area contributed by atoms with Crippen molar-refractivity contribution >= 4 is 27.6 Å². The van der Waals surface area contributed by atoms with E-state index in [0.29, 0.717) is 5.75 Å². The van der Waals surface area contributed by atoms with Gasteiger partial charge in [0.25, 0.3) is 0 Å². The summed E-state index contributed by atoms with van der Waals surface area (Å²) in [5.41, 5.74) is 0. The van der Waals surface area contributed by atoms with E-state index in [4.69, 9.17) is 26.2 Å². The number of hydrogen-bond donors (Lipinski definition) is 2. The van der Waals surface area contributed by atoms with Gasteiger partial charge in [0.05, 0.1) is 42.2 Å². The first kappa shape index (κ1) is 16.0. The third kappa shape index (κ3) is 3.46. The lowest BCUT2D eigenvalue weighted by Crippen LogP contribution is -2.42. The predicted molar refractivity (Wildman–Crippen MR) is 74.1 cm³/mol. The fraction of sp³-hybridized carbons (Fsp3) is 0.417. The van der Waals surface area contributed by atoms with Crippen LogP contribution in [0.25, 0.3) is 0 Å². The minimum atomic E-state index is -3.89. The zero-order chi connectivity index (χ0) is 15.6. The number of nitrogens with one attached hydrogen (secondary N) is 1. The van der Waals surface area contributed by atoms with Crippen LogP contribution in [0.2, 0.25) is 5.02 Å². The highest BCUT2D eigenvalue weighted by Crippen LogP contribution is 2.27. The topological polar surface area (TPSA) is 102 Å². The molecule has 116 valence electrons. The van der Waals surface area contributed by atoms with Gasteiger partial charge in [-0.2, -0.15) is 0 Å². The lowest BCUT2D eigenvalue weighted by Gasteiger charge is -2.16. The normalized spacial score (nSPS) is 22.2. The SMILES string of the molecule is COc1ccc(S(=O)(=O)NC2COCC2C(=O)O)cc1Cl. The predicted octanol–water partition coefficient (Wildman–Crippen LogP) is 0.727. The number of halogens is 1. The molecule has 1 aromatic rings. The highest BCUT2D eigenvalue weighted by Gasteiger charge is 2.37. The van der Waals surface area contributed by atoms with E-state index >= 15 is 0 Å². The molecule has 1 heterocycles. The van der Waals surface area contributed by atoms with Crippen LogP contribution in [-0.4, -0.2) is 45.9 Å². The number of aliphatic carboxylic acids is 1.